The lowest BCUT2D eigenvalue weighted by Crippen LogP contribution is -1.84. The molecular formula is C14H17N. The van der Waals surface area contributed by atoms with Crippen molar-refractivity contribution in [3.8, 4) is 0 Å². The maximum absolute atomic E-state index is 3.19. The van der Waals surface area contributed by atoms with Gasteiger partial charge in [-0.25, -0.2) is 0 Å². The van der Waals surface area contributed by atoms with E-state index in [2.05, 4.69) is 24.4 Å². The minimum absolute atomic E-state index is 1.10. The molecule has 1 nitrogen and oxygen atoms in total. The quantitative estimate of drug-likeness (QED) is 0.719. The van der Waals surface area contributed by atoms with Crippen LogP contribution in [0.25, 0.3) is 0 Å². The van der Waals surface area contributed by atoms with E-state index in [1.54, 1.807) is 0 Å². The highest BCUT2D eigenvalue weighted by Gasteiger charge is 1.82. The van der Waals surface area contributed by atoms with Crippen molar-refractivity contribution >= 4 is 5.69 Å². The van der Waals surface area contributed by atoms with E-state index in [1.165, 1.54) is 5.57 Å². The second-order valence-electron chi connectivity index (χ2n) is 3.28. The molecule has 15 heavy (non-hydrogen) atoms. The molecule has 0 radical (unpaired) electrons. The Kier molecular flexibility index (Phi) is 5.02. The summed E-state index contributed by atoms with van der Waals surface area (Å²) in [4.78, 5) is 0. The van der Waals surface area contributed by atoms with Gasteiger partial charge in [0.2, 0.25) is 0 Å². The lowest BCUT2D eigenvalue weighted by Gasteiger charge is -1.97. The molecule has 0 aliphatic carbocycles. The van der Waals surface area contributed by atoms with Gasteiger partial charge in [0, 0.05) is 11.9 Å². The summed E-state index contributed by atoms with van der Waals surface area (Å²) in [5, 5.41) is 3.19. The standard InChI is InChI=1S/C14H17N/c1-3-8-13(2)9-7-12-15-14-10-5-4-6-11-14/h3-12,15H,1-2H3/b8-3+,12-7-,13-9-. The third-order valence-electron chi connectivity index (χ3n) is 1.91. The molecule has 0 heterocycles. The minimum atomic E-state index is 1.10. The van der Waals surface area contributed by atoms with Crippen molar-refractivity contribution in [2.75, 3.05) is 5.32 Å². The Labute approximate surface area is 91.8 Å². The van der Waals surface area contributed by atoms with E-state index in [0.29, 0.717) is 0 Å². The van der Waals surface area contributed by atoms with Crippen LogP contribution >= 0.6 is 0 Å². The van der Waals surface area contributed by atoms with E-state index in [-0.39, 0.29) is 0 Å². The van der Waals surface area contributed by atoms with Gasteiger partial charge in [-0.05, 0) is 32.1 Å². The first-order valence-corrected chi connectivity index (χ1v) is 5.10. The third kappa shape index (κ3) is 4.87. The summed E-state index contributed by atoms with van der Waals surface area (Å²) in [7, 11) is 0. The molecule has 0 saturated heterocycles. The van der Waals surface area contributed by atoms with Crippen molar-refractivity contribution in [3.63, 3.8) is 0 Å². The predicted molar refractivity (Wildman–Crippen MR) is 67.8 cm³/mol. The average Bonchev–Trinajstić information content (AvgIpc) is 2.26. The molecule has 0 aliphatic heterocycles. The lowest BCUT2D eigenvalue weighted by molar-refractivity contribution is 1.49. The number of rotatable bonds is 4. The summed E-state index contributed by atoms with van der Waals surface area (Å²) in [6.07, 6.45) is 10.1. The fraction of sp³-hybridized carbons (Fsp3) is 0.143. The number of hydrogen-bond donors (Lipinski definition) is 1. The number of benzene rings is 1. The van der Waals surface area contributed by atoms with Crippen molar-refractivity contribution in [2.45, 2.75) is 13.8 Å². The largest absolute Gasteiger partial charge is 0.362 e. The van der Waals surface area contributed by atoms with E-state index in [9.17, 15) is 0 Å². The van der Waals surface area contributed by atoms with E-state index in [0.717, 1.165) is 5.69 Å². The molecule has 0 unspecified atom stereocenters. The van der Waals surface area contributed by atoms with Crippen LogP contribution in [0.3, 0.4) is 0 Å². The first-order chi connectivity index (χ1) is 7.33. The number of nitrogens with one attached hydrogen (secondary N) is 1. The molecule has 1 aromatic rings. The second kappa shape index (κ2) is 6.66. The van der Waals surface area contributed by atoms with Crippen LogP contribution in [0.5, 0.6) is 0 Å². The highest BCUT2D eigenvalue weighted by Crippen LogP contribution is 2.04. The van der Waals surface area contributed by atoms with Gasteiger partial charge in [0.05, 0.1) is 0 Å². The van der Waals surface area contributed by atoms with Gasteiger partial charge in [-0.2, -0.15) is 0 Å². The van der Waals surface area contributed by atoms with Gasteiger partial charge in [-0.3, -0.25) is 0 Å². The number of allylic oxidation sites excluding steroid dienone is 5. The van der Waals surface area contributed by atoms with Crippen molar-refractivity contribution < 1.29 is 0 Å². The maximum Gasteiger partial charge on any atom is 0.0379 e. The minimum Gasteiger partial charge on any atom is -0.362 e. The molecule has 1 rings (SSSR count). The van der Waals surface area contributed by atoms with Crippen LogP contribution in [0, 0.1) is 0 Å². The summed E-state index contributed by atoms with van der Waals surface area (Å²) in [5.74, 6) is 0. The summed E-state index contributed by atoms with van der Waals surface area (Å²) in [6.45, 7) is 4.09. The summed E-state index contributed by atoms with van der Waals surface area (Å²) >= 11 is 0. The van der Waals surface area contributed by atoms with Gasteiger partial charge in [-0.15, -0.1) is 0 Å². The first kappa shape index (κ1) is 11.3. The van der Waals surface area contributed by atoms with Gasteiger partial charge < -0.3 is 5.32 Å². The van der Waals surface area contributed by atoms with Crippen LogP contribution in [-0.2, 0) is 0 Å². The topological polar surface area (TPSA) is 12.0 Å². The van der Waals surface area contributed by atoms with E-state index in [1.807, 2.05) is 55.6 Å². The molecule has 1 heteroatoms. The zero-order chi connectivity index (χ0) is 10.9. The normalized spacial score (nSPS) is 12.5. The molecule has 0 spiro atoms. The molecule has 0 aliphatic rings. The van der Waals surface area contributed by atoms with Gasteiger partial charge in [0.15, 0.2) is 0 Å². The Hall–Kier alpha value is -1.76. The van der Waals surface area contributed by atoms with E-state index >= 15 is 0 Å². The molecule has 1 aromatic carbocycles. The molecule has 0 atom stereocenters. The SMILES string of the molecule is C/C=C/C(C)=C\C=C/Nc1ccccc1. The molecule has 0 amide bonds. The smallest absolute Gasteiger partial charge is 0.0379 e. The second-order valence-corrected chi connectivity index (χ2v) is 3.28. The van der Waals surface area contributed by atoms with Crippen LogP contribution in [-0.4, -0.2) is 0 Å². The van der Waals surface area contributed by atoms with Crippen LogP contribution in [0.1, 0.15) is 13.8 Å². The highest BCUT2D eigenvalue weighted by molar-refractivity contribution is 5.45. The fourth-order valence-corrected chi connectivity index (χ4v) is 1.20. The Balaban J connectivity index is 2.44. The number of anilines is 1. The van der Waals surface area contributed by atoms with Gasteiger partial charge >= 0.3 is 0 Å². The third-order valence-corrected chi connectivity index (χ3v) is 1.91. The van der Waals surface area contributed by atoms with Crippen molar-refractivity contribution in [1.82, 2.24) is 0 Å². The molecule has 0 saturated carbocycles. The Morgan fingerprint density at radius 3 is 2.60 bits per heavy atom. The molecule has 0 aromatic heterocycles. The van der Waals surface area contributed by atoms with Crippen LogP contribution < -0.4 is 5.32 Å². The first-order valence-electron chi connectivity index (χ1n) is 5.10. The van der Waals surface area contributed by atoms with Gasteiger partial charge in [-0.1, -0.05) is 42.0 Å². The van der Waals surface area contributed by atoms with Crippen molar-refractivity contribution in [1.29, 1.82) is 0 Å². The lowest BCUT2D eigenvalue weighted by atomic mass is 10.2. The van der Waals surface area contributed by atoms with Crippen molar-refractivity contribution in [3.05, 3.63) is 66.4 Å². The molecule has 1 N–H and O–H groups in total. The average molecular weight is 199 g/mol. The van der Waals surface area contributed by atoms with E-state index in [4.69, 9.17) is 0 Å². The number of para-hydroxylation sites is 1. The Bertz CT molecular complexity index is 358. The maximum atomic E-state index is 3.19. The fourth-order valence-electron chi connectivity index (χ4n) is 1.20. The van der Waals surface area contributed by atoms with Gasteiger partial charge in [0.1, 0.15) is 0 Å². The summed E-state index contributed by atoms with van der Waals surface area (Å²) < 4.78 is 0. The van der Waals surface area contributed by atoms with Crippen LogP contribution in [0.2, 0.25) is 0 Å². The van der Waals surface area contributed by atoms with Crippen molar-refractivity contribution in [2.24, 2.45) is 0 Å². The zero-order valence-corrected chi connectivity index (χ0v) is 9.27. The monoisotopic (exact) mass is 199 g/mol. The summed E-state index contributed by atoms with van der Waals surface area (Å²) in [5.41, 5.74) is 2.34. The van der Waals surface area contributed by atoms with Crippen LogP contribution in [0.4, 0.5) is 5.69 Å². The number of hydrogen-bond acceptors (Lipinski definition) is 1. The zero-order valence-electron chi connectivity index (χ0n) is 9.27. The molecule has 0 bridgehead atoms. The highest BCUT2D eigenvalue weighted by atomic mass is 14.8. The Morgan fingerprint density at radius 2 is 1.93 bits per heavy atom. The van der Waals surface area contributed by atoms with Gasteiger partial charge in [0.25, 0.3) is 0 Å². The van der Waals surface area contributed by atoms with E-state index < -0.39 is 0 Å². The molecule has 0 fully saturated rings. The Morgan fingerprint density at radius 1 is 1.20 bits per heavy atom. The predicted octanol–water partition coefficient (Wildman–Crippen LogP) is 4.13. The summed E-state index contributed by atoms with van der Waals surface area (Å²) in [6, 6.07) is 10.1. The molecule has 78 valence electrons. The van der Waals surface area contributed by atoms with Crippen LogP contribution in [0.15, 0.2) is 66.4 Å². The molecular weight excluding hydrogens is 182 g/mol.